The second kappa shape index (κ2) is 15.9. The van der Waals surface area contributed by atoms with Gasteiger partial charge in [-0.05, 0) is 53.1 Å². The van der Waals surface area contributed by atoms with Crippen LogP contribution in [0.15, 0.2) is 119 Å². The fourth-order valence-electron chi connectivity index (χ4n) is 5.22. The van der Waals surface area contributed by atoms with Crippen LogP contribution in [0.1, 0.15) is 41.2 Å². The lowest BCUT2D eigenvalue weighted by molar-refractivity contribution is -0.274. The molecule has 0 aliphatic carbocycles. The highest BCUT2D eigenvalue weighted by atomic mass is 19.4. The number of rotatable bonds is 14. The molecule has 0 saturated carbocycles. The third kappa shape index (κ3) is 8.98. The normalized spacial score (nSPS) is 17.1. The Morgan fingerprint density at radius 2 is 1.69 bits per heavy atom. The summed E-state index contributed by atoms with van der Waals surface area (Å²) in [6.07, 6.45) is -1.67. The number of aliphatic hydroxyl groups is 1. The van der Waals surface area contributed by atoms with Gasteiger partial charge in [-0.25, -0.2) is 4.99 Å². The Morgan fingerprint density at radius 1 is 1.00 bits per heavy atom. The first-order valence-corrected chi connectivity index (χ1v) is 15.3. The Bertz CT molecular complexity index is 1830. The number of aliphatic hydroxyl groups excluding tert-OH is 1. The molecule has 1 heterocycles. The van der Waals surface area contributed by atoms with Crippen molar-refractivity contribution >= 4 is 23.6 Å². The number of alkyl halides is 3. The van der Waals surface area contributed by atoms with Crippen LogP contribution in [-0.4, -0.2) is 42.0 Å². The van der Waals surface area contributed by atoms with Crippen LogP contribution in [0.25, 0.3) is 16.5 Å². The molecule has 0 fully saturated rings. The topological polar surface area (TPSA) is 138 Å². The fourth-order valence-corrected chi connectivity index (χ4v) is 5.22. The van der Waals surface area contributed by atoms with Crippen LogP contribution in [0, 0.1) is 0 Å². The van der Waals surface area contributed by atoms with Crippen molar-refractivity contribution in [3.8, 4) is 11.5 Å². The molecule has 1 amide bonds. The van der Waals surface area contributed by atoms with Gasteiger partial charge in [-0.15, -0.1) is 13.2 Å². The van der Waals surface area contributed by atoms with Gasteiger partial charge in [0.05, 0.1) is 6.61 Å². The monoisotopic (exact) mass is 671 g/mol. The second-order valence-electron chi connectivity index (χ2n) is 10.9. The van der Waals surface area contributed by atoms with Crippen LogP contribution in [0.4, 0.5) is 18.9 Å². The van der Waals surface area contributed by atoms with Crippen LogP contribution < -0.4 is 14.8 Å². The van der Waals surface area contributed by atoms with Gasteiger partial charge in [-0.3, -0.25) is 4.79 Å². The van der Waals surface area contributed by atoms with Gasteiger partial charge < -0.3 is 24.6 Å². The summed E-state index contributed by atoms with van der Waals surface area (Å²) < 4.78 is 54.1. The average molecular weight is 672 g/mol. The molecule has 0 spiro atoms. The molecule has 2 atom stereocenters. The molecule has 0 unspecified atom stereocenters. The first kappa shape index (κ1) is 34.6. The Labute approximate surface area is 280 Å². The summed E-state index contributed by atoms with van der Waals surface area (Å²) in [6.45, 7) is 0.299. The van der Waals surface area contributed by atoms with Crippen molar-refractivity contribution in [2.24, 2.45) is 10.1 Å². The Kier molecular flexibility index (Phi) is 11.2. The molecule has 49 heavy (non-hydrogen) atoms. The highest BCUT2D eigenvalue weighted by molar-refractivity contribution is 6.01. The summed E-state index contributed by atoms with van der Waals surface area (Å²) in [4.78, 5) is 22.3. The van der Waals surface area contributed by atoms with Crippen LogP contribution >= 0.6 is 0 Å². The van der Waals surface area contributed by atoms with E-state index in [0.29, 0.717) is 35.5 Å². The van der Waals surface area contributed by atoms with Gasteiger partial charge in [0, 0.05) is 47.7 Å². The van der Waals surface area contributed by atoms with Gasteiger partial charge in [0.1, 0.15) is 11.5 Å². The smallest absolute Gasteiger partial charge is 0.494 e. The number of nitrogens with one attached hydrogen (secondary N) is 1. The van der Waals surface area contributed by atoms with E-state index in [1.165, 1.54) is 24.3 Å². The van der Waals surface area contributed by atoms with E-state index in [0.717, 1.165) is 5.56 Å². The molecule has 4 aromatic carbocycles. The van der Waals surface area contributed by atoms with Gasteiger partial charge in [-0.1, -0.05) is 84.0 Å². The Hall–Kier alpha value is -5.78. The standard InChI is InChI=1S/C36H32F3N5O5/c37-36(38,39)49-29-17-13-26(14-18-29)24-41-34(46)35(21-6-10-25-8-2-1-3-9-25)32(30-11-4-5-12-31(30)43-44-40)48-33(42-35)27-15-19-28(20-16-27)47-23-7-22-45/h1-6,8-20,32,45H,7,21-24H2,(H,41,46)/b10-6+/t32-,35-/m1/s1. The molecule has 252 valence electrons. The highest BCUT2D eigenvalue weighted by Crippen LogP contribution is 2.46. The third-order valence-electron chi connectivity index (χ3n) is 7.55. The number of carbonyl (C=O) groups excluding carboxylic acids is 1. The molecule has 1 aliphatic rings. The van der Waals surface area contributed by atoms with Crippen LogP contribution in [-0.2, 0) is 16.1 Å². The van der Waals surface area contributed by atoms with Crippen LogP contribution in [0.2, 0.25) is 0 Å². The minimum absolute atomic E-state index is 0.00207. The summed E-state index contributed by atoms with van der Waals surface area (Å²) >= 11 is 0. The van der Waals surface area contributed by atoms with E-state index in [4.69, 9.17) is 19.6 Å². The maximum Gasteiger partial charge on any atom is 0.573 e. The van der Waals surface area contributed by atoms with Crippen molar-refractivity contribution in [1.82, 2.24) is 5.32 Å². The number of hydrogen-bond donors (Lipinski definition) is 2. The van der Waals surface area contributed by atoms with Crippen molar-refractivity contribution in [2.45, 2.75) is 37.4 Å². The summed E-state index contributed by atoms with van der Waals surface area (Å²) in [7, 11) is 0. The number of amides is 1. The zero-order chi connectivity index (χ0) is 34.7. The Balaban J connectivity index is 1.53. The molecule has 0 aromatic heterocycles. The molecule has 4 aromatic rings. The second-order valence-corrected chi connectivity index (χ2v) is 10.9. The van der Waals surface area contributed by atoms with E-state index in [2.05, 4.69) is 20.1 Å². The third-order valence-corrected chi connectivity index (χ3v) is 7.55. The molecule has 5 rings (SSSR count). The number of benzene rings is 4. The molecule has 0 radical (unpaired) electrons. The molecule has 2 N–H and O–H groups in total. The van der Waals surface area contributed by atoms with E-state index in [1.807, 2.05) is 42.5 Å². The van der Waals surface area contributed by atoms with Gasteiger partial charge >= 0.3 is 6.36 Å². The van der Waals surface area contributed by atoms with Gasteiger partial charge in [0.2, 0.25) is 5.90 Å². The van der Waals surface area contributed by atoms with Gasteiger partial charge in [-0.2, -0.15) is 0 Å². The fraction of sp³-hybridized carbons (Fsp3) is 0.222. The minimum Gasteiger partial charge on any atom is -0.494 e. The van der Waals surface area contributed by atoms with E-state index < -0.39 is 23.9 Å². The number of aliphatic imine (C=N–C) groups is 1. The van der Waals surface area contributed by atoms with Crippen molar-refractivity contribution in [2.75, 3.05) is 13.2 Å². The van der Waals surface area contributed by atoms with Crippen molar-refractivity contribution in [3.63, 3.8) is 0 Å². The van der Waals surface area contributed by atoms with Crippen molar-refractivity contribution in [1.29, 1.82) is 0 Å². The van der Waals surface area contributed by atoms with E-state index >= 15 is 0 Å². The number of ether oxygens (including phenoxy) is 3. The molecule has 1 aliphatic heterocycles. The number of nitrogens with zero attached hydrogens (tertiary/aromatic N) is 4. The lowest BCUT2D eigenvalue weighted by Gasteiger charge is -2.30. The molecular weight excluding hydrogens is 639 g/mol. The molecule has 0 saturated heterocycles. The Morgan fingerprint density at radius 3 is 2.39 bits per heavy atom. The molecule has 0 bridgehead atoms. The van der Waals surface area contributed by atoms with E-state index in [1.54, 1.807) is 48.5 Å². The van der Waals surface area contributed by atoms with Crippen molar-refractivity contribution < 1.29 is 37.3 Å². The molecule has 13 heteroatoms. The summed E-state index contributed by atoms with van der Waals surface area (Å²) in [6, 6.07) is 28.3. The van der Waals surface area contributed by atoms with Gasteiger partial charge in [0.15, 0.2) is 11.6 Å². The minimum atomic E-state index is -4.83. The SMILES string of the molecule is [N-]=[N+]=Nc1ccccc1[C@H]1OC(c2ccc(OCCCO)cc2)=N[C@@]1(C/C=C/c1ccccc1)C(=O)NCc1ccc(OC(F)(F)F)cc1. The first-order chi connectivity index (χ1) is 23.7. The average Bonchev–Trinajstić information content (AvgIpc) is 3.49. The largest absolute Gasteiger partial charge is 0.573 e. The summed E-state index contributed by atoms with van der Waals surface area (Å²) in [5.41, 5.74) is 10.4. The zero-order valence-electron chi connectivity index (χ0n) is 26.1. The van der Waals surface area contributed by atoms with E-state index in [-0.39, 0.29) is 36.9 Å². The maximum atomic E-state index is 14.4. The predicted octanol–water partition coefficient (Wildman–Crippen LogP) is 7.97. The number of halogens is 3. The molecule has 10 nitrogen and oxygen atoms in total. The molecular formula is C36H32F3N5O5. The van der Waals surface area contributed by atoms with Crippen LogP contribution in [0.3, 0.4) is 0 Å². The highest BCUT2D eigenvalue weighted by Gasteiger charge is 2.53. The summed E-state index contributed by atoms with van der Waals surface area (Å²) in [5, 5.41) is 15.8. The zero-order valence-corrected chi connectivity index (χ0v) is 26.1. The predicted molar refractivity (Wildman–Crippen MR) is 177 cm³/mol. The lowest BCUT2D eigenvalue weighted by Crippen LogP contribution is -2.47. The number of carbonyl (C=O) groups is 1. The van der Waals surface area contributed by atoms with E-state index in [9.17, 15) is 23.5 Å². The van der Waals surface area contributed by atoms with Crippen LogP contribution in [0.5, 0.6) is 11.5 Å². The number of azide groups is 1. The summed E-state index contributed by atoms with van der Waals surface area (Å²) in [5.74, 6) is -0.175. The maximum absolute atomic E-state index is 14.4. The number of hydrogen-bond acceptors (Lipinski definition) is 7. The van der Waals surface area contributed by atoms with Gasteiger partial charge in [0.25, 0.3) is 5.91 Å². The first-order valence-electron chi connectivity index (χ1n) is 15.3. The quantitative estimate of drug-likeness (QED) is 0.0606. The lowest BCUT2D eigenvalue weighted by atomic mass is 9.83. The van der Waals surface area contributed by atoms with Crippen molar-refractivity contribution in [3.05, 3.63) is 142 Å².